The molecule has 49 heavy (non-hydrogen) atoms. The third kappa shape index (κ3) is 7.32. The second kappa shape index (κ2) is 14.1. The number of carboxylic acid groups (broad SMARTS) is 1. The number of carbonyl (C=O) groups is 2. The van der Waals surface area contributed by atoms with E-state index in [1.807, 2.05) is 36.9 Å². The number of methoxy groups -OCH3 is 1. The summed E-state index contributed by atoms with van der Waals surface area (Å²) >= 11 is 0. The van der Waals surface area contributed by atoms with Crippen molar-refractivity contribution in [1.29, 1.82) is 0 Å². The van der Waals surface area contributed by atoms with Crippen LogP contribution in [0.1, 0.15) is 100 Å². The number of anilines is 1. The first-order valence-electron chi connectivity index (χ1n) is 18.1. The monoisotopic (exact) mass is 671 g/mol. The maximum absolute atomic E-state index is 14.5. The molecule has 1 atom stereocenters. The van der Waals surface area contributed by atoms with Gasteiger partial charge in [-0.15, -0.1) is 0 Å². The minimum atomic E-state index is -0.900. The van der Waals surface area contributed by atoms with Gasteiger partial charge >= 0.3 is 6.09 Å². The SMILES string of the molecule is COc1ccc(C2CCC(CN(C(=O)C3CCC(C4(C)CN(C(=O)O)CCO4)CC3)c3cc(-c4coc(C5CC5)n4)ccn3)CC2)nc1C. The lowest BCUT2D eigenvalue weighted by atomic mass is 9.73. The molecule has 3 saturated carbocycles. The molecule has 1 saturated heterocycles. The molecule has 1 aliphatic heterocycles. The summed E-state index contributed by atoms with van der Waals surface area (Å²) < 4.78 is 17.4. The average Bonchev–Trinajstić information content (AvgIpc) is 3.86. The van der Waals surface area contributed by atoms with Crippen LogP contribution in [0.2, 0.25) is 0 Å². The maximum Gasteiger partial charge on any atom is 0.407 e. The van der Waals surface area contributed by atoms with Gasteiger partial charge in [0.2, 0.25) is 5.91 Å². The minimum Gasteiger partial charge on any atom is -0.495 e. The molecule has 3 aromatic rings. The lowest BCUT2D eigenvalue weighted by molar-refractivity contribution is -0.137. The Morgan fingerprint density at radius 1 is 1.02 bits per heavy atom. The van der Waals surface area contributed by atoms with Gasteiger partial charge in [-0.05, 0) is 114 Å². The third-order valence-corrected chi connectivity index (χ3v) is 11.5. The highest BCUT2D eigenvalue weighted by Gasteiger charge is 2.44. The van der Waals surface area contributed by atoms with Gasteiger partial charge in [0, 0.05) is 48.3 Å². The molecule has 1 N–H and O–H groups in total. The number of morpholine rings is 1. The predicted octanol–water partition coefficient (Wildman–Crippen LogP) is 7.21. The zero-order valence-electron chi connectivity index (χ0n) is 29.0. The van der Waals surface area contributed by atoms with Crippen molar-refractivity contribution in [2.45, 2.75) is 95.5 Å². The van der Waals surface area contributed by atoms with E-state index in [9.17, 15) is 14.7 Å². The van der Waals surface area contributed by atoms with Crippen LogP contribution in [0.15, 0.2) is 41.1 Å². The van der Waals surface area contributed by atoms with Gasteiger partial charge in [-0.1, -0.05) is 0 Å². The van der Waals surface area contributed by atoms with Crippen molar-refractivity contribution in [2.75, 3.05) is 38.3 Å². The number of nitrogens with zero attached hydrogens (tertiary/aromatic N) is 5. The Morgan fingerprint density at radius 3 is 2.47 bits per heavy atom. The molecule has 0 bridgehead atoms. The molecular weight excluding hydrogens is 622 g/mol. The summed E-state index contributed by atoms with van der Waals surface area (Å²) in [5.41, 5.74) is 3.18. The van der Waals surface area contributed by atoms with Crippen LogP contribution in [0.25, 0.3) is 11.3 Å². The van der Waals surface area contributed by atoms with Crippen LogP contribution in [0.4, 0.5) is 10.6 Å². The van der Waals surface area contributed by atoms with Crippen molar-refractivity contribution in [1.82, 2.24) is 19.9 Å². The van der Waals surface area contributed by atoms with Gasteiger partial charge in [-0.3, -0.25) is 14.7 Å². The number of carbonyl (C=O) groups excluding carboxylic acids is 1. The molecule has 1 unspecified atom stereocenters. The van der Waals surface area contributed by atoms with E-state index in [1.165, 1.54) is 4.90 Å². The van der Waals surface area contributed by atoms with E-state index in [1.54, 1.807) is 19.6 Å². The molecule has 262 valence electrons. The molecule has 7 rings (SSSR count). The highest BCUT2D eigenvalue weighted by Crippen LogP contribution is 2.43. The average molecular weight is 672 g/mol. The summed E-state index contributed by atoms with van der Waals surface area (Å²) in [6.07, 6.45) is 12.0. The van der Waals surface area contributed by atoms with Gasteiger partial charge in [0.25, 0.3) is 0 Å². The normalized spacial score (nSPS) is 27.4. The van der Waals surface area contributed by atoms with Crippen molar-refractivity contribution < 1.29 is 28.6 Å². The lowest BCUT2D eigenvalue weighted by Crippen LogP contribution is -2.56. The summed E-state index contributed by atoms with van der Waals surface area (Å²) in [4.78, 5) is 44.0. The molecule has 11 nitrogen and oxygen atoms in total. The smallest absolute Gasteiger partial charge is 0.407 e. The molecule has 4 aliphatic rings. The first kappa shape index (κ1) is 33.5. The number of aromatic nitrogens is 3. The first-order chi connectivity index (χ1) is 23.7. The second-order valence-corrected chi connectivity index (χ2v) is 14.9. The summed E-state index contributed by atoms with van der Waals surface area (Å²) in [5.74, 6) is 3.64. The van der Waals surface area contributed by atoms with Gasteiger partial charge < -0.3 is 23.9 Å². The van der Waals surface area contributed by atoms with Crippen LogP contribution in [0, 0.1) is 24.7 Å². The molecule has 3 aromatic heterocycles. The predicted molar refractivity (Wildman–Crippen MR) is 184 cm³/mol. The molecule has 0 aromatic carbocycles. The zero-order valence-corrected chi connectivity index (χ0v) is 29.0. The van der Waals surface area contributed by atoms with Crippen LogP contribution in [-0.2, 0) is 9.53 Å². The minimum absolute atomic E-state index is 0.123. The van der Waals surface area contributed by atoms with E-state index in [0.717, 1.165) is 98.5 Å². The molecule has 11 heteroatoms. The molecule has 4 heterocycles. The van der Waals surface area contributed by atoms with Crippen LogP contribution in [0.5, 0.6) is 5.75 Å². The highest BCUT2D eigenvalue weighted by atomic mass is 16.5. The quantitative estimate of drug-likeness (QED) is 0.251. The Hall–Kier alpha value is -3.99. The van der Waals surface area contributed by atoms with Crippen molar-refractivity contribution in [2.24, 2.45) is 17.8 Å². The first-order valence-corrected chi connectivity index (χ1v) is 18.1. The molecule has 2 amide bonds. The molecule has 0 radical (unpaired) electrons. The van der Waals surface area contributed by atoms with Gasteiger partial charge in [0.05, 0.1) is 31.6 Å². The molecule has 0 spiro atoms. The maximum atomic E-state index is 14.5. The van der Waals surface area contributed by atoms with E-state index >= 15 is 0 Å². The fourth-order valence-electron chi connectivity index (χ4n) is 8.34. The van der Waals surface area contributed by atoms with Crippen LogP contribution < -0.4 is 9.64 Å². The number of hydrogen-bond acceptors (Lipinski definition) is 8. The fourth-order valence-corrected chi connectivity index (χ4v) is 8.34. The number of rotatable bonds is 9. The van der Waals surface area contributed by atoms with Gasteiger partial charge in [0.15, 0.2) is 5.89 Å². The van der Waals surface area contributed by atoms with Crippen molar-refractivity contribution >= 4 is 17.8 Å². The number of oxazole rings is 1. The number of amides is 2. The van der Waals surface area contributed by atoms with Gasteiger partial charge in [-0.25, -0.2) is 14.8 Å². The number of hydrogen-bond donors (Lipinski definition) is 1. The molecular formula is C38H49N5O6. The summed E-state index contributed by atoms with van der Waals surface area (Å²) in [5, 5.41) is 9.61. The third-order valence-electron chi connectivity index (χ3n) is 11.5. The van der Waals surface area contributed by atoms with Crippen molar-refractivity contribution in [3.8, 4) is 17.0 Å². The van der Waals surface area contributed by atoms with E-state index in [0.29, 0.717) is 49.8 Å². The fraction of sp³-hybridized carbons (Fsp3) is 0.605. The Bertz CT molecular complexity index is 1640. The van der Waals surface area contributed by atoms with Crippen molar-refractivity contribution in [3.63, 3.8) is 0 Å². The van der Waals surface area contributed by atoms with E-state index in [2.05, 4.69) is 6.07 Å². The van der Waals surface area contributed by atoms with E-state index < -0.39 is 11.7 Å². The van der Waals surface area contributed by atoms with E-state index in [4.69, 9.17) is 28.8 Å². The van der Waals surface area contributed by atoms with E-state index in [-0.39, 0.29) is 17.7 Å². The van der Waals surface area contributed by atoms with Gasteiger partial charge in [-0.2, -0.15) is 0 Å². The van der Waals surface area contributed by atoms with Crippen LogP contribution >= 0.6 is 0 Å². The summed E-state index contributed by atoms with van der Waals surface area (Å²) in [7, 11) is 1.68. The van der Waals surface area contributed by atoms with Crippen molar-refractivity contribution in [3.05, 3.63) is 54.0 Å². The Balaban J connectivity index is 1.06. The summed E-state index contributed by atoms with van der Waals surface area (Å²) in [6.45, 7) is 5.82. The Labute approximate surface area is 288 Å². The lowest BCUT2D eigenvalue weighted by Gasteiger charge is -2.46. The topological polar surface area (TPSA) is 131 Å². The largest absolute Gasteiger partial charge is 0.495 e. The van der Waals surface area contributed by atoms with Crippen LogP contribution in [-0.4, -0.2) is 75.9 Å². The van der Waals surface area contributed by atoms with Crippen LogP contribution in [0.3, 0.4) is 0 Å². The number of aryl methyl sites for hydroxylation is 1. The molecule has 3 aliphatic carbocycles. The Kier molecular flexibility index (Phi) is 9.64. The second-order valence-electron chi connectivity index (χ2n) is 14.9. The summed E-state index contributed by atoms with van der Waals surface area (Å²) in [6, 6.07) is 8.04. The molecule has 4 fully saturated rings. The number of ether oxygens (including phenoxy) is 2. The Morgan fingerprint density at radius 2 is 1.78 bits per heavy atom. The zero-order chi connectivity index (χ0) is 34.1. The van der Waals surface area contributed by atoms with Gasteiger partial charge in [0.1, 0.15) is 23.5 Å². The highest BCUT2D eigenvalue weighted by molar-refractivity contribution is 5.94. The number of pyridine rings is 2. The standard InChI is InChI=1S/C38H49N5O6/c1-24-33(47-3)15-14-31(40-24)26-6-4-25(5-7-26)21-43(34-20-29(16-17-39-34)32-22-48-35(41-32)27-8-9-27)36(44)28-10-12-30(13-11-28)38(2)23-42(37(45)46)18-19-49-38/h14-17,20,22,25-28,30H,4-13,18-19,21,23H2,1-3H3,(H,45,46).